The Morgan fingerprint density at radius 2 is 2.18 bits per heavy atom. The smallest absolute Gasteiger partial charge is 0.146 e. The molecular formula is C13H21FN2O. The molecule has 4 heteroatoms. The molecule has 0 aromatic heterocycles. The number of benzene rings is 1. The predicted molar refractivity (Wildman–Crippen MR) is 68.8 cm³/mol. The summed E-state index contributed by atoms with van der Waals surface area (Å²) in [6.45, 7) is 3.28. The second kappa shape index (κ2) is 6.57. The summed E-state index contributed by atoms with van der Waals surface area (Å²) in [4.78, 5) is 1.90. The lowest BCUT2D eigenvalue weighted by molar-refractivity contribution is 0.196. The lowest BCUT2D eigenvalue weighted by atomic mass is 10.1. The molecule has 0 saturated carbocycles. The van der Waals surface area contributed by atoms with Crippen LogP contribution >= 0.6 is 0 Å². The van der Waals surface area contributed by atoms with Gasteiger partial charge in [-0.25, -0.2) is 4.39 Å². The van der Waals surface area contributed by atoms with Gasteiger partial charge in [0, 0.05) is 33.4 Å². The van der Waals surface area contributed by atoms with Gasteiger partial charge >= 0.3 is 0 Å². The van der Waals surface area contributed by atoms with Gasteiger partial charge in [0.2, 0.25) is 0 Å². The molecule has 1 aromatic rings. The monoisotopic (exact) mass is 240 g/mol. The van der Waals surface area contributed by atoms with E-state index in [0.29, 0.717) is 12.3 Å². The molecule has 0 bridgehead atoms. The van der Waals surface area contributed by atoms with Gasteiger partial charge in [-0.1, -0.05) is 12.1 Å². The summed E-state index contributed by atoms with van der Waals surface area (Å²) >= 11 is 0. The van der Waals surface area contributed by atoms with Crippen LogP contribution in [-0.2, 0) is 4.74 Å². The Morgan fingerprint density at radius 1 is 1.47 bits per heavy atom. The second-order valence-electron chi connectivity index (χ2n) is 4.23. The minimum absolute atomic E-state index is 0.175. The zero-order valence-electron chi connectivity index (χ0n) is 10.7. The Labute approximate surface area is 102 Å². The van der Waals surface area contributed by atoms with E-state index in [1.165, 1.54) is 6.07 Å². The van der Waals surface area contributed by atoms with Crippen molar-refractivity contribution in [3.8, 4) is 0 Å². The highest BCUT2D eigenvalue weighted by atomic mass is 19.1. The third-order valence-corrected chi connectivity index (χ3v) is 2.73. The van der Waals surface area contributed by atoms with Crippen molar-refractivity contribution in [1.29, 1.82) is 0 Å². The van der Waals surface area contributed by atoms with Crippen LogP contribution in [-0.4, -0.2) is 27.3 Å². The maximum Gasteiger partial charge on any atom is 0.146 e. The van der Waals surface area contributed by atoms with Crippen LogP contribution in [0.1, 0.15) is 24.9 Å². The summed E-state index contributed by atoms with van der Waals surface area (Å²) in [5, 5.41) is 0. The third kappa shape index (κ3) is 3.68. The molecule has 1 atom stereocenters. The van der Waals surface area contributed by atoms with Crippen molar-refractivity contribution in [2.75, 3.05) is 32.2 Å². The highest BCUT2D eigenvalue weighted by molar-refractivity contribution is 5.55. The number of para-hydroxylation sites is 1. The topological polar surface area (TPSA) is 38.5 Å². The van der Waals surface area contributed by atoms with Crippen molar-refractivity contribution in [1.82, 2.24) is 0 Å². The summed E-state index contributed by atoms with van der Waals surface area (Å²) in [6.07, 6.45) is 0.861. The van der Waals surface area contributed by atoms with Crippen LogP contribution in [0.3, 0.4) is 0 Å². The quantitative estimate of drug-likeness (QED) is 0.775. The first-order valence-electron chi connectivity index (χ1n) is 5.82. The van der Waals surface area contributed by atoms with E-state index in [0.717, 1.165) is 18.5 Å². The molecule has 0 spiro atoms. The van der Waals surface area contributed by atoms with Crippen LogP contribution in [0.4, 0.5) is 10.1 Å². The summed E-state index contributed by atoms with van der Waals surface area (Å²) in [5.41, 5.74) is 7.29. The van der Waals surface area contributed by atoms with Crippen molar-refractivity contribution < 1.29 is 9.13 Å². The van der Waals surface area contributed by atoms with E-state index in [4.69, 9.17) is 10.5 Å². The number of ether oxygens (including phenoxy) is 1. The fourth-order valence-electron chi connectivity index (χ4n) is 1.86. The molecule has 0 fully saturated rings. The molecule has 0 aliphatic carbocycles. The van der Waals surface area contributed by atoms with E-state index in [1.807, 2.05) is 24.9 Å². The van der Waals surface area contributed by atoms with E-state index in [9.17, 15) is 4.39 Å². The summed E-state index contributed by atoms with van der Waals surface area (Å²) in [7, 11) is 3.54. The van der Waals surface area contributed by atoms with Crippen molar-refractivity contribution in [3.63, 3.8) is 0 Å². The van der Waals surface area contributed by atoms with Crippen LogP contribution in [0.2, 0.25) is 0 Å². The van der Waals surface area contributed by atoms with Crippen molar-refractivity contribution in [2.24, 2.45) is 5.73 Å². The normalized spacial score (nSPS) is 12.5. The molecule has 17 heavy (non-hydrogen) atoms. The van der Waals surface area contributed by atoms with Crippen LogP contribution in [0.15, 0.2) is 18.2 Å². The minimum Gasteiger partial charge on any atom is -0.385 e. The second-order valence-corrected chi connectivity index (χ2v) is 4.23. The fourth-order valence-corrected chi connectivity index (χ4v) is 1.86. The van der Waals surface area contributed by atoms with Gasteiger partial charge in [0.05, 0.1) is 5.69 Å². The van der Waals surface area contributed by atoms with Gasteiger partial charge in [0.15, 0.2) is 0 Å². The highest BCUT2D eigenvalue weighted by Gasteiger charge is 2.14. The Balaban J connectivity index is 2.87. The molecule has 0 unspecified atom stereocenters. The zero-order valence-corrected chi connectivity index (χ0v) is 10.7. The van der Waals surface area contributed by atoms with Gasteiger partial charge in [0.25, 0.3) is 0 Å². The molecule has 0 radical (unpaired) electrons. The lowest BCUT2D eigenvalue weighted by Crippen LogP contribution is -2.24. The van der Waals surface area contributed by atoms with Crippen LogP contribution < -0.4 is 10.6 Å². The van der Waals surface area contributed by atoms with Crippen LogP contribution in [0.5, 0.6) is 0 Å². The molecule has 3 nitrogen and oxygen atoms in total. The molecule has 96 valence electrons. The summed E-state index contributed by atoms with van der Waals surface area (Å²) < 4.78 is 18.8. The average molecular weight is 240 g/mol. The molecular weight excluding hydrogens is 219 g/mol. The number of nitrogens with two attached hydrogens (primary N) is 1. The average Bonchev–Trinajstić information content (AvgIpc) is 2.28. The highest BCUT2D eigenvalue weighted by Crippen LogP contribution is 2.27. The molecule has 0 amide bonds. The first-order valence-corrected chi connectivity index (χ1v) is 5.82. The van der Waals surface area contributed by atoms with E-state index in [1.54, 1.807) is 13.2 Å². The first-order chi connectivity index (χ1) is 8.07. The fraction of sp³-hybridized carbons (Fsp3) is 0.538. The predicted octanol–water partition coefficient (Wildman–Crippen LogP) is 2.32. The number of halogens is 1. The minimum atomic E-state index is -0.222. The number of anilines is 1. The molecule has 2 N–H and O–H groups in total. The van der Waals surface area contributed by atoms with Gasteiger partial charge in [-0.15, -0.1) is 0 Å². The van der Waals surface area contributed by atoms with Crippen LogP contribution in [0.25, 0.3) is 0 Å². The molecule has 0 heterocycles. The van der Waals surface area contributed by atoms with Crippen molar-refractivity contribution in [2.45, 2.75) is 19.4 Å². The summed E-state index contributed by atoms with van der Waals surface area (Å²) in [6, 6.07) is 4.86. The number of hydrogen-bond acceptors (Lipinski definition) is 3. The molecule has 1 rings (SSSR count). The summed E-state index contributed by atoms with van der Waals surface area (Å²) in [5.74, 6) is -0.222. The molecule has 0 aliphatic rings. The van der Waals surface area contributed by atoms with E-state index < -0.39 is 0 Å². The zero-order chi connectivity index (χ0) is 12.8. The van der Waals surface area contributed by atoms with E-state index in [-0.39, 0.29) is 11.9 Å². The Kier molecular flexibility index (Phi) is 5.38. The van der Waals surface area contributed by atoms with Crippen molar-refractivity contribution >= 4 is 5.69 Å². The van der Waals surface area contributed by atoms with Gasteiger partial charge in [-0.3, -0.25) is 0 Å². The molecule has 1 aromatic carbocycles. The standard InChI is InChI=1S/C13H21FN2O/c1-10(15)11-6-4-7-12(14)13(11)16(2)8-5-9-17-3/h4,6-7,10H,5,8-9,15H2,1-3H3/t10-/m0/s1. The van der Waals surface area contributed by atoms with Crippen LogP contribution in [0, 0.1) is 5.82 Å². The van der Waals surface area contributed by atoms with E-state index in [2.05, 4.69) is 0 Å². The largest absolute Gasteiger partial charge is 0.385 e. The number of hydrogen-bond donors (Lipinski definition) is 1. The Morgan fingerprint density at radius 3 is 2.76 bits per heavy atom. The molecule has 0 aliphatic heterocycles. The number of nitrogens with zero attached hydrogens (tertiary/aromatic N) is 1. The maximum absolute atomic E-state index is 13.8. The third-order valence-electron chi connectivity index (χ3n) is 2.73. The van der Waals surface area contributed by atoms with Gasteiger partial charge in [-0.05, 0) is 25.0 Å². The van der Waals surface area contributed by atoms with Crippen molar-refractivity contribution in [3.05, 3.63) is 29.6 Å². The SMILES string of the molecule is COCCCN(C)c1c(F)cccc1[C@H](C)N. The van der Waals surface area contributed by atoms with E-state index >= 15 is 0 Å². The molecule has 0 saturated heterocycles. The first kappa shape index (κ1) is 13.9. The van der Waals surface area contributed by atoms with Gasteiger partial charge in [0.1, 0.15) is 5.82 Å². The number of rotatable bonds is 6. The Bertz CT molecular complexity index is 355. The Hall–Kier alpha value is -1.13. The lowest BCUT2D eigenvalue weighted by Gasteiger charge is -2.24. The maximum atomic E-state index is 13.8. The van der Waals surface area contributed by atoms with Gasteiger partial charge < -0.3 is 15.4 Å². The number of methoxy groups -OCH3 is 1. The van der Waals surface area contributed by atoms with Gasteiger partial charge in [-0.2, -0.15) is 0 Å².